The van der Waals surface area contributed by atoms with E-state index in [1.807, 2.05) is 19.1 Å². The summed E-state index contributed by atoms with van der Waals surface area (Å²) in [6.07, 6.45) is 5.49. The molecule has 0 bridgehead atoms. The van der Waals surface area contributed by atoms with Crippen molar-refractivity contribution in [2.75, 3.05) is 23.1 Å². The van der Waals surface area contributed by atoms with Crippen molar-refractivity contribution in [3.63, 3.8) is 0 Å². The van der Waals surface area contributed by atoms with Crippen LogP contribution in [0, 0.1) is 6.92 Å². The first-order valence-corrected chi connectivity index (χ1v) is 14.1. The van der Waals surface area contributed by atoms with Crippen LogP contribution >= 0.6 is 24.0 Å². The topological polar surface area (TPSA) is 118 Å². The average Bonchev–Trinajstić information content (AvgIpc) is 2.92. The van der Waals surface area contributed by atoms with Crippen molar-refractivity contribution in [1.82, 2.24) is 20.3 Å². The Morgan fingerprint density at radius 1 is 1.05 bits per heavy atom. The Hall–Kier alpha value is -3.44. The van der Waals surface area contributed by atoms with E-state index in [-0.39, 0.29) is 28.4 Å². The first kappa shape index (κ1) is 28.6. The first-order chi connectivity index (χ1) is 18.4. The van der Waals surface area contributed by atoms with Crippen LogP contribution in [0.2, 0.25) is 5.02 Å². The van der Waals surface area contributed by atoms with Crippen LogP contribution in [0.25, 0.3) is 11.3 Å². The van der Waals surface area contributed by atoms with E-state index in [9.17, 15) is 8.42 Å². The number of halogens is 2. The number of ether oxygens (including phenoxy) is 1. The summed E-state index contributed by atoms with van der Waals surface area (Å²) in [5.74, 6) is 1.33. The summed E-state index contributed by atoms with van der Waals surface area (Å²) >= 11 is 6.11. The van der Waals surface area contributed by atoms with E-state index in [0.717, 1.165) is 31.5 Å². The van der Waals surface area contributed by atoms with Crippen LogP contribution < -0.4 is 20.1 Å². The summed E-state index contributed by atoms with van der Waals surface area (Å²) in [5, 5.41) is 6.91. The molecule has 1 fully saturated rings. The Balaban J connectivity index is 0.00000353. The van der Waals surface area contributed by atoms with E-state index in [1.54, 1.807) is 48.8 Å². The third kappa shape index (κ3) is 6.96. The van der Waals surface area contributed by atoms with Crippen molar-refractivity contribution in [2.24, 2.45) is 0 Å². The Morgan fingerprint density at radius 2 is 1.90 bits per heavy atom. The van der Waals surface area contributed by atoms with E-state index in [4.69, 9.17) is 21.3 Å². The molecule has 2 aromatic heterocycles. The maximum Gasteiger partial charge on any atom is 0.263 e. The van der Waals surface area contributed by atoms with Gasteiger partial charge in [0.2, 0.25) is 11.8 Å². The van der Waals surface area contributed by atoms with Gasteiger partial charge < -0.3 is 15.4 Å². The molecule has 3 heterocycles. The summed E-state index contributed by atoms with van der Waals surface area (Å²) in [6, 6.07) is 17.1. The van der Waals surface area contributed by atoms with Crippen LogP contribution in [0.4, 0.5) is 11.6 Å². The molecule has 204 valence electrons. The van der Waals surface area contributed by atoms with Crippen molar-refractivity contribution >= 4 is 45.7 Å². The van der Waals surface area contributed by atoms with E-state index < -0.39 is 10.0 Å². The number of rotatable bonds is 8. The SMILES string of the molecule is Cc1ccc(NS(=O)(=O)c2ccccc2Cl)cc1Oc1ncccc1-c1ccnc(NC2CCCNC2)n1.Cl. The molecule has 3 N–H and O–H groups in total. The summed E-state index contributed by atoms with van der Waals surface area (Å²) in [5.41, 5.74) is 2.47. The normalized spacial score (nSPS) is 15.2. The first-order valence-electron chi connectivity index (χ1n) is 12.2. The van der Waals surface area contributed by atoms with Crippen LogP contribution in [-0.2, 0) is 10.0 Å². The van der Waals surface area contributed by atoms with Gasteiger partial charge >= 0.3 is 0 Å². The second kappa shape index (κ2) is 12.6. The number of sulfonamides is 1. The average molecular weight is 588 g/mol. The number of hydrogen-bond acceptors (Lipinski definition) is 8. The molecule has 1 aliphatic heterocycles. The van der Waals surface area contributed by atoms with E-state index in [2.05, 4.69) is 25.3 Å². The summed E-state index contributed by atoms with van der Waals surface area (Å²) in [7, 11) is -3.90. The Labute approximate surface area is 238 Å². The molecule has 1 saturated heterocycles. The quantitative estimate of drug-likeness (QED) is 0.241. The van der Waals surface area contributed by atoms with Gasteiger partial charge in [-0.3, -0.25) is 4.72 Å². The smallest absolute Gasteiger partial charge is 0.263 e. The predicted molar refractivity (Wildman–Crippen MR) is 156 cm³/mol. The van der Waals surface area contributed by atoms with Crippen LogP contribution in [0.3, 0.4) is 0 Å². The van der Waals surface area contributed by atoms with E-state index in [0.29, 0.717) is 34.5 Å². The van der Waals surface area contributed by atoms with Gasteiger partial charge in [0.25, 0.3) is 10.0 Å². The predicted octanol–water partition coefficient (Wildman–Crippen LogP) is 5.68. The zero-order valence-electron chi connectivity index (χ0n) is 21.1. The molecule has 39 heavy (non-hydrogen) atoms. The van der Waals surface area contributed by atoms with Crippen LogP contribution in [-0.4, -0.2) is 42.5 Å². The largest absolute Gasteiger partial charge is 0.438 e. The zero-order chi connectivity index (χ0) is 26.5. The Bertz CT molecular complexity index is 1550. The third-order valence-electron chi connectivity index (χ3n) is 6.11. The molecule has 0 saturated carbocycles. The molecule has 9 nitrogen and oxygen atoms in total. The highest BCUT2D eigenvalue weighted by atomic mass is 35.5. The van der Waals surface area contributed by atoms with Gasteiger partial charge in [-0.05, 0) is 68.3 Å². The molecule has 0 aliphatic carbocycles. The lowest BCUT2D eigenvalue weighted by atomic mass is 10.1. The second-order valence-corrected chi connectivity index (χ2v) is 11.0. The monoisotopic (exact) mass is 586 g/mol. The molecule has 5 rings (SSSR count). The molecular weight excluding hydrogens is 559 g/mol. The van der Waals surface area contributed by atoms with Crippen molar-refractivity contribution in [1.29, 1.82) is 0 Å². The molecule has 2 aromatic carbocycles. The summed E-state index contributed by atoms with van der Waals surface area (Å²) < 4.78 is 34.6. The minimum atomic E-state index is -3.90. The van der Waals surface area contributed by atoms with Gasteiger partial charge in [-0.2, -0.15) is 0 Å². The van der Waals surface area contributed by atoms with Crippen molar-refractivity contribution in [3.8, 4) is 22.9 Å². The fraction of sp³-hybridized carbons (Fsp3) is 0.222. The fourth-order valence-electron chi connectivity index (χ4n) is 4.15. The number of aromatic nitrogens is 3. The lowest BCUT2D eigenvalue weighted by Crippen LogP contribution is -2.38. The maximum absolute atomic E-state index is 12.9. The number of benzene rings is 2. The molecule has 1 aliphatic rings. The fourth-order valence-corrected chi connectivity index (χ4v) is 5.72. The van der Waals surface area contributed by atoms with Gasteiger partial charge in [0, 0.05) is 31.0 Å². The standard InChI is InChI=1S/C27H27ClN6O3S.ClH/c1-18-10-11-19(34-38(35,36)25-9-3-2-8-22(25)28)16-24(18)37-26-21(7-5-14-30-26)23-12-15-31-27(33-23)32-20-6-4-13-29-17-20;/h2-3,5,7-12,14-16,20,29,34H,4,6,13,17H2,1H3,(H,31,32,33);1H. The van der Waals surface area contributed by atoms with Crippen LogP contribution in [0.1, 0.15) is 18.4 Å². The minimum absolute atomic E-state index is 0. The second-order valence-electron chi connectivity index (χ2n) is 8.93. The maximum atomic E-state index is 12.9. The van der Waals surface area contributed by atoms with Gasteiger partial charge in [-0.25, -0.2) is 23.4 Å². The molecule has 1 unspecified atom stereocenters. The highest BCUT2D eigenvalue weighted by Gasteiger charge is 2.19. The Morgan fingerprint density at radius 3 is 2.69 bits per heavy atom. The van der Waals surface area contributed by atoms with Gasteiger partial charge in [0.15, 0.2) is 0 Å². The number of hydrogen-bond donors (Lipinski definition) is 3. The molecule has 0 radical (unpaired) electrons. The number of nitrogens with one attached hydrogen (secondary N) is 3. The van der Waals surface area contributed by atoms with Crippen LogP contribution in [0.15, 0.2) is 78.0 Å². The summed E-state index contributed by atoms with van der Waals surface area (Å²) in [4.78, 5) is 13.5. The van der Waals surface area contributed by atoms with Gasteiger partial charge in [-0.1, -0.05) is 29.8 Å². The Kier molecular flexibility index (Phi) is 9.24. The number of pyridine rings is 1. The van der Waals surface area contributed by atoms with Gasteiger partial charge in [0.1, 0.15) is 10.6 Å². The van der Waals surface area contributed by atoms with Crippen molar-refractivity contribution < 1.29 is 13.2 Å². The molecule has 0 spiro atoms. The van der Waals surface area contributed by atoms with Gasteiger partial charge in [-0.15, -0.1) is 12.4 Å². The minimum Gasteiger partial charge on any atom is -0.438 e. The molecule has 0 amide bonds. The number of anilines is 2. The van der Waals surface area contributed by atoms with Crippen molar-refractivity contribution in [2.45, 2.75) is 30.7 Å². The lowest BCUT2D eigenvalue weighted by Gasteiger charge is -2.23. The van der Waals surface area contributed by atoms with Crippen molar-refractivity contribution in [3.05, 3.63) is 83.6 Å². The van der Waals surface area contributed by atoms with Gasteiger partial charge in [0.05, 0.1) is 22.0 Å². The van der Waals surface area contributed by atoms with E-state index in [1.165, 1.54) is 12.1 Å². The molecular formula is C27H28Cl2N6O3S. The van der Waals surface area contributed by atoms with E-state index >= 15 is 0 Å². The molecule has 12 heteroatoms. The number of nitrogens with zero attached hydrogens (tertiary/aromatic N) is 3. The van der Waals surface area contributed by atoms with Crippen LogP contribution in [0.5, 0.6) is 11.6 Å². The summed E-state index contributed by atoms with van der Waals surface area (Å²) in [6.45, 7) is 3.76. The third-order valence-corrected chi connectivity index (χ3v) is 7.99. The highest BCUT2D eigenvalue weighted by molar-refractivity contribution is 7.92. The zero-order valence-corrected chi connectivity index (χ0v) is 23.5. The molecule has 1 atom stereocenters. The number of piperidine rings is 1. The molecule has 4 aromatic rings. The number of aryl methyl sites for hydroxylation is 1. The highest BCUT2D eigenvalue weighted by Crippen LogP contribution is 2.34. The lowest BCUT2D eigenvalue weighted by molar-refractivity contribution is 0.461.